The van der Waals surface area contributed by atoms with Crippen LogP contribution < -0.4 is 14.9 Å². The number of hydrogen-bond acceptors (Lipinski definition) is 4. The molecule has 0 fully saturated rings. The van der Waals surface area contributed by atoms with E-state index >= 15 is 0 Å². The highest BCUT2D eigenvalue weighted by molar-refractivity contribution is 9.10. The van der Waals surface area contributed by atoms with E-state index in [1.165, 1.54) is 6.21 Å². The minimum Gasteiger partial charge on any atom is -0.493 e. The van der Waals surface area contributed by atoms with Gasteiger partial charge < -0.3 is 9.47 Å². The quantitative estimate of drug-likeness (QED) is 0.288. The van der Waals surface area contributed by atoms with Crippen molar-refractivity contribution in [3.63, 3.8) is 0 Å². The number of aryl methyl sites for hydroxylation is 1. The third-order valence-corrected chi connectivity index (χ3v) is 5.72. The molecule has 0 aliphatic carbocycles. The molecule has 0 aliphatic heterocycles. The number of benzene rings is 3. The fourth-order valence-electron chi connectivity index (χ4n) is 2.79. The van der Waals surface area contributed by atoms with Crippen LogP contribution in [0.4, 0.5) is 0 Å². The van der Waals surface area contributed by atoms with Crippen molar-refractivity contribution in [2.24, 2.45) is 5.10 Å². The number of hydrazone groups is 1. The molecule has 1 amide bonds. The summed E-state index contributed by atoms with van der Waals surface area (Å²) in [5, 5.41) is 5.00. The number of ether oxygens (including phenoxy) is 2. The van der Waals surface area contributed by atoms with Crippen molar-refractivity contribution in [1.29, 1.82) is 0 Å². The zero-order chi connectivity index (χ0) is 22.4. The molecule has 0 atom stereocenters. The van der Waals surface area contributed by atoms with E-state index in [1.54, 1.807) is 31.4 Å². The summed E-state index contributed by atoms with van der Waals surface area (Å²) >= 11 is 15.5. The van der Waals surface area contributed by atoms with Crippen molar-refractivity contribution in [2.45, 2.75) is 13.5 Å². The summed E-state index contributed by atoms with van der Waals surface area (Å²) in [6.45, 7) is 2.16. The molecule has 0 unspecified atom stereocenters. The number of methoxy groups -OCH3 is 1. The maximum absolute atomic E-state index is 12.3. The molecule has 0 saturated heterocycles. The number of nitrogens with zero attached hydrogens (tertiary/aromatic N) is 1. The van der Waals surface area contributed by atoms with E-state index in [1.807, 2.05) is 37.3 Å². The van der Waals surface area contributed by atoms with Crippen LogP contribution in [0, 0.1) is 6.92 Å². The third kappa shape index (κ3) is 6.00. The Labute approximate surface area is 199 Å². The summed E-state index contributed by atoms with van der Waals surface area (Å²) in [6.07, 6.45) is 1.53. The number of halogens is 3. The van der Waals surface area contributed by atoms with E-state index in [9.17, 15) is 4.79 Å². The molecule has 0 aliphatic rings. The van der Waals surface area contributed by atoms with Gasteiger partial charge in [0, 0.05) is 5.56 Å². The predicted molar refractivity (Wildman–Crippen MR) is 128 cm³/mol. The van der Waals surface area contributed by atoms with E-state index in [4.69, 9.17) is 32.7 Å². The average molecular weight is 522 g/mol. The first-order valence-corrected chi connectivity index (χ1v) is 10.8. The summed E-state index contributed by atoms with van der Waals surface area (Å²) < 4.78 is 12.1. The number of rotatable bonds is 7. The van der Waals surface area contributed by atoms with Crippen molar-refractivity contribution in [3.8, 4) is 11.5 Å². The summed E-state index contributed by atoms with van der Waals surface area (Å²) in [5.74, 6) is 0.776. The monoisotopic (exact) mass is 520 g/mol. The number of nitrogens with one attached hydrogen (secondary N) is 1. The molecule has 0 aromatic heterocycles. The first kappa shape index (κ1) is 23.1. The van der Waals surface area contributed by atoms with Gasteiger partial charge in [-0.25, -0.2) is 5.43 Å². The highest BCUT2D eigenvalue weighted by Crippen LogP contribution is 2.37. The van der Waals surface area contributed by atoms with Gasteiger partial charge in [-0.1, -0.05) is 47.5 Å². The second-order valence-electron chi connectivity index (χ2n) is 6.59. The molecule has 160 valence electrons. The van der Waals surface area contributed by atoms with Crippen molar-refractivity contribution in [2.75, 3.05) is 7.11 Å². The lowest BCUT2D eigenvalue weighted by atomic mass is 10.1. The maximum Gasteiger partial charge on any atom is 0.271 e. The normalized spacial score (nSPS) is 10.9. The van der Waals surface area contributed by atoms with E-state index < -0.39 is 0 Å². The summed E-state index contributed by atoms with van der Waals surface area (Å²) in [4.78, 5) is 12.3. The fourth-order valence-corrected chi connectivity index (χ4v) is 3.69. The Hall–Kier alpha value is -2.54. The van der Waals surface area contributed by atoms with Gasteiger partial charge in [-0.3, -0.25) is 4.79 Å². The van der Waals surface area contributed by atoms with Crippen LogP contribution in [0.3, 0.4) is 0 Å². The minimum absolute atomic E-state index is 0.276. The van der Waals surface area contributed by atoms with Gasteiger partial charge in [-0.05, 0) is 69.9 Å². The van der Waals surface area contributed by atoms with Crippen LogP contribution in [0.1, 0.15) is 27.0 Å². The molecule has 8 heteroatoms. The molecule has 3 aromatic rings. The van der Waals surface area contributed by atoms with Crippen molar-refractivity contribution >= 4 is 51.3 Å². The van der Waals surface area contributed by atoms with Crippen LogP contribution in [-0.2, 0) is 6.61 Å². The molecule has 0 saturated carbocycles. The Balaban J connectivity index is 1.71. The summed E-state index contributed by atoms with van der Waals surface area (Å²) in [6, 6.07) is 16.2. The number of carbonyl (C=O) groups is 1. The molecule has 5 nitrogen and oxygen atoms in total. The Morgan fingerprint density at radius 1 is 1.13 bits per heavy atom. The van der Waals surface area contributed by atoms with Crippen molar-refractivity contribution < 1.29 is 14.3 Å². The van der Waals surface area contributed by atoms with Gasteiger partial charge in [0.1, 0.15) is 6.61 Å². The standard InChI is InChI=1S/C23H19BrCl2N2O3/c1-14-5-3-4-6-17(14)23(29)28-27-12-16-9-18(24)22(21(11-16)30-2)31-13-15-7-8-19(25)20(26)10-15/h3-12H,13H2,1-2H3,(H,28,29)/b27-12-. The molecule has 0 bridgehead atoms. The lowest BCUT2D eigenvalue weighted by Crippen LogP contribution is -2.18. The second-order valence-corrected chi connectivity index (χ2v) is 8.25. The summed E-state index contributed by atoms with van der Waals surface area (Å²) in [5.41, 5.74) is 5.57. The highest BCUT2D eigenvalue weighted by Gasteiger charge is 2.12. The first-order chi connectivity index (χ1) is 14.9. The molecule has 0 spiro atoms. The van der Waals surface area contributed by atoms with Gasteiger partial charge in [-0.2, -0.15) is 5.10 Å². The topological polar surface area (TPSA) is 59.9 Å². The zero-order valence-corrected chi connectivity index (χ0v) is 19.9. The average Bonchev–Trinajstić information content (AvgIpc) is 2.75. The van der Waals surface area contributed by atoms with Crippen LogP contribution in [0.15, 0.2) is 64.2 Å². The van der Waals surface area contributed by atoms with Crippen molar-refractivity contribution in [1.82, 2.24) is 5.43 Å². The van der Waals surface area contributed by atoms with Gasteiger partial charge in [0.2, 0.25) is 0 Å². The largest absolute Gasteiger partial charge is 0.493 e. The minimum atomic E-state index is -0.276. The lowest BCUT2D eigenvalue weighted by Gasteiger charge is -2.14. The maximum atomic E-state index is 12.3. The van der Waals surface area contributed by atoms with E-state index in [0.717, 1.165) is 16.7 Å². The second kappa shape index (κ2) is 10.7. The van der Waals surface area contributed by atoms with Crippen LogP contribution in [0.5, 0.6) is 11.5 Å². The molecule has 0 heterocycles. The Bertz CT molecular complexity index is 1140. The van der Waals surface area contributed by atoms with E-state index in [2.05, 4.69) is 26.5 Å². The molecule has 31 heavy (non-hydrogen) atoms. The number of hydrogen-bond donors (Lipinski definition) is 1. The SMILES string of the molecule is COc1cc(/C=N\NC(=O)c2ccccc2C)cc(Br)c1OCc1ccc(Cl)c(Cl)c1. The summed E-state index contributed by atoms with van der Waals surface area (Å²) in [7, 11) is 1.55. The molecule has 3 rings (SSSR count). The molecule has 3 aromatic carbocycles. The Morgan fingerprint density at radius 3 is 2.61 bits per heavy atom. The van der Waals surface area contributed by atoms with Crippen LogP contribution >= 0.6 is 39.1 Å². The zero-order valence-electron chi connectivity index (χ0n) is 16.8. The lowest BCUT2D eigenvalue weighted by molar-refractivity contribution is 0.0954. The molecular formula is C23H19BrCl2N2O3. The Kier molecular flexibility index (Phi) is 7.96. The predicted octanol–water partition coefficient (Wildman–Crippen LogP) is 6.42. The van der Waals surface area contributed by atoms with Gasteiger partial charge >= 0.3 is 0 Å². The third-order valence-electron chi connectivity index (χ3n) is 4.39. The molecule has 1 N–H and O–H groups in total. The number of amides is 1. The molecular weight excluding hydrogens is 503 g/mol. The first-order valence-electron chi connectivity index (χ1n) is 9.22. The van der Waals surface area contributed by atoms with Gasteiger partial charge in [-0.15, -0.1) is 0 Å². The molecule has 0 radical (unpaired) electrons. The van der Waals surface area contributed by atoms with E-state index in [-0.39, 0.29) is 12.5 Å². The van der Waals surface area contributed by atoms with E-state index in [0.29, 0.717) is 31.6 Å². The Morgan fingerprint density at radius 2 is 1.90 bits per heavy atom. The highest BCUT2D eigenvalue weighted by atomic mass is 79.9. The van der Waals surface area contributed by atoms with Crippen LogP contribution in [0.2, 0.25) is 10.0 Å². The van der Waals surface area contributed by atoms with Gasteiger partial charge in [0.15, 0.2) is 11.5 Å². The smallest absolute Gasteiger partial charge is 0.271 e. The fraction of sp³-hybridized carbons (Fsp3) is 0.130. The van der Waals surface area contributed by atoms with Gasteiger partial charge in [0.25, 0.3) is 5.91 Å². The van der Waals surface area contributed by atoms with Crippen LogP contribution in [0.25, 0.3) is 0 Å². The van der Waals surface area contributed by atoms with Crippen molar-refractivity contribution in [3.05, 3.63) is 91.4 Å². The van der Waals surface area contributed by atoms with Gasteiger partial charge in [0.05, 0.1) is 27.8 Å². The number of carbonyl (C=O) groups excluding carboxylic acids is 1. The van der Waals surface area contributed by atoms with Crippen LogP contribution in [-0.4, -0.2) is 19.2 Å².